The summed E-state index contributed by atoms with van der Waals surface area (Å²) in [5.74, 6) is 0.265. The van der Waals surface area contributed by atoms with Crippen LogP contribution in [0.25, 0.3) is 0 Å². The van der Waals surface area contributed by atoms with Gasteiger partial charge < -0.3 is 10.6 Å². The molecule has 0 aromatic heterocycles. The zero-order valence-electron chi connectivity index (χ0n) is 12.6. The molecule has 4 nitrogen and oxygen atoms in total. The van der Waals surface area contributed by atoms with Crippen molar-refractivity contribution in [3.8, 4) is 0 Å². The number of carbonyl (C=O) groups is 2. The van der Waals surface area contributed by atoms with Gasteiger partial charge in [0.05, 0.1) is 0 Å². The van der Waals surface area contributed by atoms with Crippen molar-refractivity contribution in [3.63, 3.8) is 0 Å². The van der Waals surface area contributed by atoms with Gasteiger partial charge in [-0.1, -0.05) is 38.5 Å². The quantitative estimate of drug-likeness (QED) is 0.777. The largest absolute Gasteiger partial charge is 0.352 e. The number of rotatable bonds is 4. The normalized spacial score (nSPS) is 23.1. The van der Waals surface area contributed by atoms with Gasteiger partial charge in [0, 0.05) is 13.0 Å². The van der Waals surface area contributed by atoms with Crippen LogP contribution in [0.15, 0.2) is 0 Å². The molecule has 0 saturated heterocycles. The van der Waals surface area contributed by atoms with Gasteiger partial charge in [0.15, 0.2) is 0 Å². The first kappa shape index (κ1) is 15.3. The van der Waals surface area contributed by atoms with Crippen LogP contribution < -0.4 is 10.6 Å². The first-order chi connectivity index (χ1) is 9.66. The standard InChI is InChI=1S/C16H28N2O2/c1-12(19)17-15(13-8-6-7-9-13)16(20)18-14-10-4-2-3-5-11-14/h13-15H,2-11H2,1H3,(H,17,19)(H,18,20)/t15-/m1/s1. The molecule has 114 valence electrons. The highest BCUT2D eigenvalue weighted by atomic mass is 16.2. The Labute approximate surface area is 122 Å². The first-order valence-electron chi connectivity index (χ1n) is 8.24. The summed E-state index contributed by atoms with van der Waals surface area (Å²) >= 11 is 0. The van der Waals surface area contributed by atoms with Gasteiger partial charge in [-0.2, -0.15) is 0 Å². The molecule has 0 spiro atoms. The molecule has 0 aliphatic heterocycles. The summed E-state index contributed by atoms with van der Waals surface area (Å²) in [6.45, 7) is 1.50. The Bertz CT molecular complexity index is 329. The number of amides is 2. The molecule has 0 aromatic rings. The summed E-state index contributed by atoms with van der Waals surface area (Å²) < 4.78 is 0. The van der Waals surface area contributed by atoms with Crippen LogP contribution in [-0.2, 0) is 9.59 Å². The van der Waals surface area contributed by atoms with Crippen molar-refractivity contribution in [2.24, 2.45) is 5.92 Å². The average molecular weight is 280 g/mol. The van der Waals surface area contributed by atoms with Gasteiger partial charge in [0.2, 0.25) is 11.8 Å². The monoisotopic (exact) mass is 280 g/mol. The van der Waals surface area contributed by atoms with E-state index in [1.807, 2.05) is 0 Å². The Morgan fingerprint density at radius 1 is 0.900 bits per heavy atom. The van der Waals surface area contributed by atoms with E-state index in [1.165, 1.54) is 45.4 Å². The highest BCUT2D eigenvalue weighted by Crippen LogP contribution is 2.28. The van der Waals surface area contributed by atoms with Crippen LogP contribution in [0.4, 0.5) is 0 Å². The molecule has 4 heteroatoms. The van der Waals surface area contributed by atoms with Gasteiger partial charge in [-0.25, -0.2) is 0 Å². The second-order valence-corrected chi connectivity index (χ2v) is 6.42. The van der Waals surface area contributed by atoms with Gasteiger partial charge in [0.25, 0.3) is 0 Å². The van der Waals surface area contributed by atoms with E-state index in [2.05, 4.69) is 10.6 Å². The van der Waals surface area contributed by atoms with Crippen LogP contribution in [0, 0.1) is 5.92 Å². The first-order valence-corrected chi connectivity index (χ1v) is 8.24. The Morgan fingerprint density at radius 2 is 1.45 bits per heavy atom. The highest BCUT2D eigenvalue weighted by molar-refractivity contribution is 5.87. The van der Waals surface area contributed by atoms with Gasteiger partial charge in [-0.15, -0.1) is 0 Å². The second-order valence-electron chi connectivity index (χ2n) is 6.42. The van der Waals surface area contributed by atoms with Crippen molar-refractivity contribution in [3.05, 3.63) is 0 Å². The molecule has 2 fully saturated rings. The maximum absolute atomic E-state index is 12.5. The molecule has 0 bridgehead atoms. The van der Waals surface area contributed by atoms with E-state index in [0.29, 0.717) is 12.0 Å². The van der Waals surface area contributed by atoms with Crippen molar-refractivity contribution in [2.75, 3.05) is 0 Å². The molecule has 0 aromatic carbocycles. The summed E-state index contributed by atoms with van der Waals surface area (Å²) in [5.41, 5.74) is 0. The molecule has 20 heavy (non-hydrogen) atoms. The van der Waals surface area contributed by atoms with E-state index in [0.717, 1.165) is 25.7 Å². The lowest BCUT2D eigenvalue weighted by atomic mass is 9.96. The smallest absolute Gasteiger partial charge is 0.243 e. The average Bonchev–Trinajstić information content (AvgIpc) is 2.81. The van der Waals surface area contributed by atoms with Gasteiger partial charge in [0.1, 0.15) is 6.04 Å². The van der Waals surface area contributed by atoms with Gasteiger partial charge in [-0.3, -0.25) is 9.59 Å². The maximum atomic E-state index is 12.5. The van der Waals surface area contributed by atoms with E-state index in [9.17, 15) is 9.59 Å². The second kappa shape index (κ2) is 7.65. The predicted molar refractivity (Wildman–Crippen MR) is 79.2 cm³/mol. The van der Waals surface area contributed by atoms with Gasteiger partial charge in [-0.05, 0) is 31.6 Å². The molecule has 1 atom stereocenters. The van der Waals surface area contributed by atoms with Crippen molar-refractivity contribution in [2.45, 2.75) is 83.2 Å². The lowest BCUT2D eigenvalue weighted by molar-refractivity contribution is -0.130. The molecule has 2 N–H and O–H groups in total. The molecular formula is C16H28N2O2. The lowest BCUT2D eigenvalue weighted by Gasteiger charge is -2.26. The molecule has 0 heterocycles. The number of carbonyl (C=O) groups excluding carboxylic acids is 2. The third-order valence-electron chi connectivity index (χ3n) is 4.71. The van der Waals surface area contributed by atoms with E-state index < -0.39 is 0 Å². The fourth-order valence-electron chi connectivity index (χ4n) is 3.62. The summed E-state index contributed by atoms with van der Waals surface area (Å²) in [5, 5.41) is 6.06. The SMILES string of the molecule is CC(=O)N[C@@H](C(=O)NC1CCCCCC1)C1CCCC1. The van der Waals surface area contributed by atoms with Crippen molar-refractivity contribution < 1.29 is 9.59 Å². The van der Waals surface area contributed by atoms with Crippen molar-refractivity contribution in [1.82, 2.24) is 10.6 Å². The Hall–Kier alpha value is -1.06. The van der Waals surface area contributed by atoms with E-state index >= 15 is 0 Å². The molecular weight excluding hydrogens is 252 g/mol. The van der Waals surface area contributed by atoms with Crippen LogP contribution in [0.1, 0.15) is 71.1 Å². The van der Waals surface area contributed by atoms with Crippen LogP contribution in [-0.4, -0.2) is 23.9 Å². The zero-order chi connectivity index (χ0) is 14.4. The van der Waals surface area contributed by atoms with E-state index in [1.54, 1.807) is 0 Å². The molecule has 0 unspecified atom stereocenters. The predicted octanol–water partition coefficient (Wildman–Crippen LogP) is 2.52. The highest BCUT2D eigenvalue weighted by Gasteiger charge is 2.32. The fourth-order valence-corrected chi connectivity index (χ4v) is 3.62. The lowest BCUT2D eigenvalue weighted by Crippen LogP contribution is -2.52. The summed E-state index contributed by atoms with van der Waals surface area (Å²) in [6.07, 6.45) is 11.6. The molecule has 2 saturated carbocycles. The summed E-state index contributed by atoms with van der Waals surface area (Å²) in [6, 6.07) is -0.0130. The Morgan fingerprint density at radius 3 is 2.00 bits per heavy atom. The molecule has 0 radical (unpaired) electrons. The van der Waals surface area contributed by atoms with E-state index in [4.69, 9.17) is 0 Å². The minimum Gasteiger partial charge on any atom is -0.352 e. The third kappa shape index (κ3) is 4.50. The third-order valence-corrected chi connectivity index (χ3v) is 4.71. The maximum Gasteiger partial charge on any atom is 0.243 e. The number of hydrogen-bond donors (Lipinski definition) is 2. The molecule has 2 rings (SSSR count). The zero-order valence-corrected chi connectivity index (χ0v) is 12.6. The van der Waals surface area contributed by atoms with Crippen LogP contribution in [0.5, 0.6) is 0 Å². The summed E-state index contributed by atoms with van der Waals surface area (Å²) in [7, 11) is 0. The van der Waals surface area contributed by atoms with Crippen molar-refractivity contribution >= 4 is 11.8 Å². The van der Waals surface area contributed by atoms with E-state index in [-0.39, 0.29) is 17.9 Å². The molecule has 2 aliphatic carbocycles. The minimum atomic E-state index is -0.321. The Kier molecular flexibility index (Phi) is 5.86. The number of hydrogen-bond acceptors (Lipinski definition) is 2. The van der Waals surface area contributed by atoms with Gasteiger partial charge >= 0.3 is 0 Å². The Balaban J connectivity index is 1.92. The minimum absolute atomic E-state index is 0.0407. The van der Waals surface area contributed by atoms with Crippen LogP contribution >= 0.6 is 0 Å². The number of nitrogens with one attached hydrogen (secondary N) is 2. The van der Waals surface area contributed by atoms with Crippen LogP contribution in [0.2, 0.25) is 0 Å². The molecule has 2 aliphatic rings. The molecule has 2 amide bonds. The van der Waals surface area contributed by atoms with Crippen LogP contribution in [0.3, 0.4) is 0 Å². The fraction of sp³-hybridized carbons (Fsp3) is 0.875. The van der Waals surface area contributed by atoms with Crippen molar-refractivity contribution in [1.29, 1.82) is 0 Å². The topological polar surface area (TPSA) is 58.2 Å². The summed E-state index contributed by atoms with van der Waals surface area (Å²) in [4.78, 5) is 23.9.